The molecule has 0 saturated carbocycles. The fraction of sp³-hybridized carbons (Fsp3) is 0.294. The molecule has 0 atom stereocenters. The van der Waals surface area contributed by atoms with Crippen molar-refractivity contribution < 1.29 is 23.5 Å². The van der Waals surface area contributed by atoms with E-state index in [9.17, 15) is 9.59 Å². The zero-order valence-corrected chi connectivity index (χ0v) is 12.4. The number of rotatable bonds is 2. The number of ether oxygens (including phenoxy) is 2. The summed E-state index contributed by atoms with van der Waals surface area (Å²) in [6.45, 7) is 0.177. The number of fused-ring (bicyclic) bond motifs is 2. The maximum absolute atomic E-state index is 12.5. The first kappa shape index (κ1) is 13.9. The van der Waals surface area contributed by atoms with Gasteiger partial charge in [0.15, 0.2) is 17.3 Å². The maximum atomic E-state index is 12.5. The van der Waals surface area contributed by atoms with Gasteiger partial charge in [-0.3, -0.25) is 9.59 Å². The van der Waals surface area contributed by atoms with Crippen LogP contribution in [0.1, 0.15) is 45.7 Å². The van der Waals surface area contributed by atoms with Gasteiger partial charge >= 0.3 is 0 Å². The molecule has 118 valence electrons. The van der Waals surface area contributed by atoms with Crippen LogP contribution in [-0.4, -0.2) is 18.5 Å². The molecule has 2 aromatic rings. The normalized spacial score (nSPS) is 15.9. The third kappa shape index (κ3) is 2.46. The molecule has 2 aliphatic rings. The molecule has 23 heavy (non-hydrogen) atoms. The second kappa shape index (κ2) is 5.46. The van der Waals surface area contributed by atoms with Crippen LogP contribution in [0.4, 0.5) is 5.69 Å². The summed E-state index contributed by atoms with van der Waals surface area (Å²) in [5.41, 5.74) is 1.31. The Morgan fingerprint density at radius 3 is 2.83 bits per heavy atom. The van der Waals surface area contributed by atoms with Crippen LogP contribution in [0.15, 0.2) is 28.9 Å². The van der Waals surface area contributed by atoms with Gasteiger partial charge in [-0.2, -0.15) is 0 Å². The molecule has 0 bridgehead atoms. The average Bonchev–Trinajstić information content (AvgIpc) is 3.13. The highest BCUT2D eigenvalue weighted by Crippen LogP contribution is 2.34. The molecule has 0 unspecified atom stereocenters. The number of nitrogens with one attached hydrogen (secondary N) is 1. The van der Waals surface area contributed by atoms with Gasteiger partial charge in [0, 0.05) is 24.6 Å². The summed E-state index contributed by atoms with van der Waals surface area (Å²) >= 11 is 0. The van der Waals surface area contributed by atoms with E-state index >= 15 is 0 Å². The standard InChI is InChI=1S/C17H15NO5/c19-12-3-1-2-4-14-16(12)11(8-21-14)17(20)18-10-5-6-13-15(7-10)23-9-22-13/h5-8H,1-4,9H2,(H,18,20). The van der Waals surface area contributed by atoms with E-state index in [1.165, 1.54) is 6.26 Å². The number of benzene rings is 1. The average molecular weight is 313 g/mol. The Morgan fingerprint density at radius 1 is 1.09 bits per heavy atom. The third-order valence-electron chi connectivity index (χ3n) is 4.08. The van der Waals surface area contributed by atoms with Crippen LogP contribution in [0.25, 0.3) is 0 Å². The molecule has 1 aromatic carbocycles. The minimum Gasteiger partial charge on any atom is -0.468 e. The van der Waals surface area contributed by atoms with Crippen LogP contribution in [0.2, 0.25) is 0 Å². The lowest BCUT2D eigenvalue weighted by Gasteiger charge is -2.06. The smallest absolute Gasteiger partial charge is 0.259 e. The first-order valence-corrected chi connectivity index (χ1v) is 7.57. The monoisotopic (exact) mass is 313 g/mol. The van der Waals surface area contributed by atoms with Gasteiger partial charge in [0.2, 0.25) is 6.79 Å². The highest BCUT2D eigenvalue weighted by molar-refractivity contribution is 6.13. The Kier molecular flexibility index (Phi) is 3.29. The largest absolute Gasteiger partial charge is 0.468 e. The van der Waals surface area contributed by atoms with Crippen molar-refractivity contribution in [2.75, 3.05) is 12.1 Å². The van der Waals surface area contributed by atoms with Gasteiger partial charge in [-0.05, 0) is 25.0 Å². The predicted octanol–water partition coefficient (Wildman–Crippen LogP) is 3.17. The molecule has 0 saturated heterocycles. The summed E-state index contributed by atoms with van der Waals surface area (Å²) in [6.07, 6.45) is 4.24. The molecule has 0 fully saturated rings. The van der Waals surface area contributed by atoms with Crippen molar-refractivity contribution in [3.8, 4) is 11.5 Å². The van der Waals surface area contributed by atoms with E-state index in [1.54, 1.807) is 18.2 Å². The molecule has 1 aliphatic carbocycles. The van der Waals surface area contributed by atoms with Gasteiger partial charge in [-0.25, -0.2) is 0 Å². The van der Waals surface area contributed by atoms with Crippen molar-refractivity contribution in [1.29, 1.82) is 0 Å². The Labute approximate surface area is 132 Å². The number of hydrogen-bond donors (Lipinski definition) is 1. The highest BCUT2D eigenvalue weighted by Gasteiger charge is 2.26. The van der Waals surface area contributed by atoms with Gasteiger partial charge < -0.3 is 19.2 Å². The van der Waals surface area contributed by atoms with Crippen LogP contribution in [0, 0.1) is 0 Å². The number of carbonyl (C=O) groups excluding carboxylic acids is 2. The van der Waals surface area contributed by atoms with E-state index in [-0.39, 0.29) is 18.5 Å². The van der Waals surface area contributed by atoms with Gasteiger partial charge in [0.25, 0.3) is 5.91 Å². The van der Waals surface area contributed by atoms with Crippen LogP contribution < -0.4 is 14.8 Å². The molecule has 0 spiro atoms. The topological polar surface area (TPSA) is 77.8 Å². The maximum Gasteiger partial charge on any atom is 0.259 e. The molecular formula is C17H15NO5. The summed E-state index contributed by atoms with van der Waals surface area (Å²) < 4.78 is 16.0. The molecule has 1 amide bonds. The van der Waals surface area contributed by atoms with Crippen LogP contribution in [0.3, 0.4) is 0 Å². The molecule has 2 heterocycles. The molecule has 6 heteroatoms. The molecular weight excluding hydrogens is 298 g/mol. The Bertz CT molecular complexity index is 792. The van der Waals surface area contributed by atoms with E-state index in [0.717, 1.165) is 12.8 Å². The lowest BCUT2D eigenvalue weighted by molar-refractivity contribution is 0.0965. The van der Waals surface area contributed by atoms with Crippen molar-refractivity contribution in [3.63, 3.8) is 0 Å². The number of Topliss-reactive ketones (excluding diaryl/α,β-unsaturated/α-hetero) is 1. The number of hydrogen-bond acceptors (Lipinski definition) is 5. The fourth-order valence-electron chi connectivity index (χ4n) is 2.92. The molecule has 6 nitrogen and oxygen atoms in total. The highest BCUT2D eigenvalue weighted by atomic mass is 16.7. The number of aryl methyl sites for hydroxylation is 1. The zero-order valence-electron chi connectivity index (χ0n) is 12.4. The van der Waals surface area contributed by atoms with Crippen molar-refractivity contribution >= 4 is 17.4 Å². The minimum atomic E-state index is -0.357. The van der Waals surface area contributed by atoms with Crippen LogP contribution in [-0.2, 0) is 6.42 Å². The number of anilines is 1. The van der Waals surface area contributed by atoms with Gasteiger partial charge in [0.1, 0.15) is 12.0 Å². The third-order valence-corrected chi connectivity index (χ3v) is 4.08. The van der Waals surface area contributed by atoms with E-state index in [2.05, 4.69) is 5.32 Å². The Hall–Kier alpha value is -2.76. The van der Waals surface area contributed by atoms with Crippen molar-refractivity contribution in [2.45, 2.75) is 25.7 Å². The van der Waals surface area contributed by atoms with Crippen LogP contribution in [0.5, 0.6) is 11.5 Å². The van der Waals surface area contributed by atoms with E-state index in [1.807, 2.05) is 0 Å². The summed E-state index contributed by atoms with van der Waals surface area (Å²) in [6, 6.07) is 5.16. The zero-order chi connectivity index (χ0) is 15.8. The first-order chi connectivity index (χ1) is 11.2. The second-order valence-corrected chi connectivity index (χ2v) is 5.60. The summed E-state index contributed by atoms with van der Waals surface area (Å²) in [4.78, 5) is 24.7. The molecule has 1 N–H and O–H groups in total. The Balaban J connectivity index is 1.60. The molecule has 1 aliphatic heterocycles. The van der Waals surface area contributed by atoms with Crippen LogP contribution >= 0.6 is 0 Å². The SMILES string of the molecule is O=C(Nc1ccc2c(c1)OCO2)c1coc2c1C(=O)CCCC2. The summed E-state index contributed by atoms with van der Waals surface area (Å²) in [5, 5.41) is 2.78. The molecule has 1 aromatic heterocycles. The van der Waals surface area contributed by atoms with Gasteiger partial charge in [0.05, 0.1) is 11.1 Å². The van der Waals surface area contributed by atoms with Gasteiger partial charge in [-0.1, -0.05) is 0 Å². The lowest BCUT2D eigenvalue weighted by atomic mass is 10.0. The fourth-order valence-corrected chi connectivity index (χ4v) is 2.92. The van der Waals surface area contributed by atoms with Crippen molar-refractivity contribution in [3.05, 3.63) is 41.3 Å². The minimum absolute atomic E-state index is 0.0258. The van der Waals surface area contributed by atoms with Gasteiger partial charge in [-0.15, -0.1) is 0 Å². The second-order valence-electron chi connectivity index (χ2n) is 5.60. The Morgan fingerprint density at radius 2 is 1.91 bits per heavy atom. The number of ketones is 1. The summed E-state index contributed by atoms with van der Waals surface area (Å²) in [5.74, 6) is 1.47. The van der Waals surface area contributed by atoms with E-state index in [4.69, 9.17) is 13.9 Å². The molecule has 4 rings (SSSR count). The number of carbonyl (C=O) groups is 2. The van der Waals surface area contributed by atoms with Crippen molar-refractivity contribution in [1.82, 2.24) is 0 Å². The van der Waals surface area contributed by atoms with E-state index in [0.29, 0.717) is 46.9 Å². The summed E-state index contributed by atoms with van der Waals surface area (Å²) in [7, 11) is 0. The predicted molar refractivity (Wildman–Crippen MR) is 81.1 cm³/mol. The van der Waals surface area contributed by atoms with E-state index < -0.39 is 0 Å². The quantitative estimate of drug-likeness (QED) is 0.862. The first-order valence-electron chi connectivity index (χ1n) is 7.57. The number of furan rings is 1. The molecule has 0 radical (unpaired) electrons. The van der Waals surface area contributed by atoms with Crippen molar-refractivity contribution in [2.24, 2.45) is 0 Å². The lowest BCUT2D eigenvalue weighted by Crippen LogP contribution is -2.15. The number of amides is 1.